The van der Waals surface area contributed by atoms with Crippen LogP contribution in [0, 0.1) is 12.7 Å². The van der Waals surface area contributed by atoms with Crippen LogP contribution in [0.25, 0.3) is 0 Å². The second kappa shape index (κ2) is 5.07. The van der Waals surface area contributed by atoms with Gasteiger partial charge < -0.3 is 10.8 Å². The number of nitrogens with zero attached hydrogens (tertiary/aromatic N) is 1. The van der Waals surface area contributed by atoms with Crippen LogP contribution in [0.5, 0.6) is 0 Å². The van der Waals surface area contributed by atoms with Gasteiger partial charge in [0.2, 0.25) is 10.0 Å². The number of aliphatic hydroxyl groups excluding tert-OH is 1. The maximum Gasteiger partial charge on any atom is 0.243 e. The molecular formula is C12H17FN2O3S. The third-order valence-electron chi connectivity index (χ3n) is 3.44. The average Bonchev–Trinajstić information content (AvgIpc) is 2.82. The van der Waals surface area contributed by atoms with Crippen molar-refractivity contribution >= 4 is 15.7 Å². The lowest BCUT2D eigenvalue weighted by atomic mass is 10.2. The zero-order chi connectivity index (χ0) is 14.2. The molecule has 106 valence electrons. The Balaban J connectivity index is 2.51. The Labute approximate surface area is 111 Å². The maximum absolute atomic E-state index is 13.6. The number of benzene rings is 1. The minimum absolute atomic E-state index is 0.0535. The second-order valence-corrected chi connectivity index (χ2v) is 6.58. The van der Waals surface area contributed by atoms with Crippen molar-refractivity contribution in [3.05, 3.63) is 23.5 Å². The lowest BCUT2D eigenvalue weighted by Gasteiger charge is -2.23. The highest BCUT2D eigenvalue weighted by Gasteiger charge is 2.36. The molecule has 1 aliphatic rings. The molecule has 0 aromatic heterocycles. The molecule has 2 rings (SSSR count). The summed E-state index contributed by atoms with van der Waals surface area (Å²) in [4.78, 5) is -0.120. The van der Waals surface area contributed by atoms with E-state index in [1.54, 1.807) is 0 Å². The molecule has 1 fully saturated rings. The first-order valence-electron chi connectivity index (χ1n) is 6.06. The van der Waals surface area contributed by atoms with E-state index in [1.165, 1.54) is 17.3 Å². The molecule has 0 aliphatic carbocycles. The first-order valence-corrected chi connectivity index (χ1v) is 7.50. The largest absolute Gasteiger partial charge is 0.399 e. The van der Waals surface area contributed by atoms with Crippen molar-refractivity contribution < 1.29 is 17.9 Å². The SMILES string of the molecule is Cc1c(F)cc(N)cc1S(=O)(=O)N1CCCC1CO. The van der Waals surface area contributed by atoms with Crippen molar-refractivity contribution in [1.82, 2.24) is 4.31 Å². The Bertz CT molecular complexity index is 589. The number of anilines is 1. The molecule has 7 heteroatoms. The number of sulfonamides is 1. The molecular weight excluding hydrogens is 271 g/mol. The fraction of sp³-hybridized carbons (Fsp3) is 0.500. The van der Waals surface area contributed by atoms with E-state index in [0.29, 0.717) is 19.4 Å². The van der Waals surface area contributed by atoms with Gasteiger partial charge in [-0.3, -0.25) is 0 Å². The molecule has 5 nitrogen and oxygen atoms in total. The number of halogens is 1. The number of aliphatic hydroxyl groups is 1. The Hall–Kier alpha value is -1.18. The van der Waals surface area contributed by atoms with Gasteiger partial charge in [0.05, 0.1) is 11.5 Å². The van der Waals surface area contributed by atoms with Crippen LogP contribution in [0.4, 0.5) is 10.1 Å². The lowest BCUT2D eigenvalue weighted by molar-refractivity contribution is 0.213. The third-order valence-corrected chi connectivity index (χ3v) is 5.52. The van der Waals surface area contributed by atoms with Crippen LogP contribution in [-0.2, 0) is 10.0 Å². The highest BCUT2D eigenvalue weighted by atomic mass is 32.2. The van der Waals surface area contributed by atoms with Crippen LogP contribution in [0.1, 0.15) is 18.4 Å². The molecule has 1 atom stereocenters. The summed E-state index contributed by atoms with van der Waals surface area (Å²) >= 11 is 0. The second-order valence-electron chi connectivity index (χ2n) is 4.72. The molecule has 3 N–H and O–H groups in total. The first-order chi connectivity index (χ1) is 8.87. The molecule has 0 saturated carbocycles. The summed E-state index contributed by atoms with van der Waals surface area (Å²) in [6.45, 7) is 1.51. The van der Waals surface area contributed by atoms with Gasteiger partial charge in [-0.25, -0.2) is 12.8 Å². The lowest BCUT2D eigenvalue weighted by Crippen LogP contribution is -2.38. The summed E-state index contributed by atoms with van der Waals surface area (Å²) < 4.78 is 39.9. The summed E-state index contributed by atoms with van der Waals surface area (Å²) in [6, 6.07) is 1.93. The molecule has 1 aromatic carbocycles. The van der Waals surface area contributed by atoms with Gasteiger partial charge in [0.25, 0.3) is 0 Å². The summed E-state index contributed by atoms with van der Waals surface area (Å²) in [7, 11) is -3.82. The Morgan fingerprint density at radius 2 is 2.21 bits per heavy atom. The zero-order valence-electron chi connectivity index (χ0n) is 10.6. The van der Waals surface area contributed by atoms with E-state index in [9.17, 15) is 17.9 Å². The van der Waals surface area contributed by atoms with Crippen LogP contribution >= 0.6 is 0 Å². The van der Waals surface area contributed by atoms with E-state index in [0.717, 1.165) is 6.07 Å². The highest BCUT2D eigenvalue weighted by molar-refractivity contribution is 7.89. The van der Waals surface area contributed by atoms with Gasteiger partial charge in [0, 0.05) is 23.8 Å². The fourth-order valence-corrected chi connectivity index (χ4v) is 4.33. The van der Waals surface area contributed by atoms with Gasteiger partial charge in [0.15, 0.2) is 0 Å². The predicted molar refractivity (Wildman–Crippen MR) is 69.5 cm³/mol. The molecule has 0 spiro atoms. The molecule has 0 bridgehead atoms. The zero-order valence-corrected chi connectivity index (χ0v) is 11.5. The summed E-state index contributed by atoms with van der Waals surface area (Å²) in [5.41, 5.74) is 5.64. The first kappa shape index (κ1) is 14.2. The quantitative estimate of drug-likeness (QED) is 0.808. The van der Waals surface area contributed by atoms with E-state index in [2.05, 4.69) is 0 Å². The van der Waals surface area contributed by atoms with Gasteiger partial charge in [-0.15, -0.1) is 0 Å². The van der Waals surface area contributed by atoms with Gasteiger partial charge in [-0.2, -0.15) is 4.31 Å². The number of nitrogens with two attached hydrogens (primary N) is 1. The Morgan fingerprint density at radius 3 is 2.84 bits per heavy atom. The van der Waals surface area contributed by atoms with Gasteiger partial charge >= 0.3 is 0 Å². The molecule has 1 unspecified atom stereocenters. The summed E-state index contributed by atoms with van der Waals surface area (Å²) in [5, 5.41) is 9.22. The minimum Gasteiger partial charge on any atom is -0.399 e. The van der Waals surface area contributed by atoms with Crippen molar-refractivity contribution in [3.63, 3.8) is 0 Å². The Kier molecular flexibility index (Phi) is 3.80. The predicted octanol–water partition coefficient (Wildman–Crippen LogP) is 0.862. The number of nitrogen functional groups attached to an aromatic ring is 1. The van der Waals surface area contributed by atoms with E-state index in [-0.39, 0.29) is 22.8 Å². The van der Waals surface area contributed by atoms with Crippen LogP contribution in [0.15, 0.2) is 17.0 Å². The molecule has 19 heavy (non-hydrogen) atoms. The Morgan fingerprint density at radius 1 is 1.53 bits per heavy atom. The summed E-state index contributed by atoms with van der Waals surface area (Å²) in [5.74, 6) is -0.640. The standard InChI is InChI=1S/C12H17FN2O3S/c1-8-11(13)5-9(14)6-12(8)19(17,18)15-4-2-3-10(15)7-16/h5-6,10,16H,2-4,7,14H2,1H3. The highest BCUT2D eigenvalue weighted by Crippen LogP contribution is 2.29. The van der Waals surface area contributed by atoms with Gasteiger partial charge in [-0.1, -0.05) is 0 Å². The van der Waals surface area contributed by atoms with E-state index in [4.69, 9.17) is 5.73 Å². The molecule has 1 aromatic rings. The van der Waals surface area contributed by atoms with Crippen molar-refractivity contribution in [2.24, 2.45) is 0 Å². The van der Waals surface area contributed by atoms with E-state index >= 15 is 0 Å². The maximum atomic E-state index is 13.6. The molecule has 1 aliphatic heterocycles. The molecule has 0 radical (unpaired) electrons. The topological polar surface area (TPSA) is 83.6 Å². The fourth-order valence-electron chi connectivity index (χ4n) is 2.38. The van der Waals surface area contributed by atoms with Crippen LogP contribution in [0.2, 0.25) is 0 Å². The third kappa shape index (κ3) is 2.45. The number of hydrogen-bond acceptors (Lipinski definition) is 4. The van der Waals surface area contributed by atoms with Gasteiger partial charge in [0.1, 0.15) is 5.82 Å². The normalized spacial score (nSPS) is 20.9. The average molecular weight is 288 g/mol. The van der Waals surface area contributed by atoms with Crippen molar-refractivity contribution in [3.8, 4) is 0 Å². The molecule has 1 heterocycles. The van der Waals surface area contributed by atoms with Crippen LogP contribution in [0.3, 0.4) is 0 Å². The van der Waals surface area contributed by atoms with Crippen LogP contribution < -0.4 is 5.73 Å². The molecule has 1 saturated heterocycles. The smallest absolute Gasteiger partial charge is 0.243 e. The molecule has 0 amide bonds. The summed E-state index contributed by atoms with van der Waals surface area (Å²) in [6.07, 6.45) is 1.30. The van der Waals surface area contributed by atoms with Crippen molar-refractivity contribution in [1.29, 1.82) is 0 Å². The van der Waals surface area contributed by atoms with E-state index < -0.39 is 21.9 Å². The van der Waals surface area contributed by atoms with Gasteiger partial charge in [-0.05, 0) is 31.9 Å². The van der Waals surface area contributed by atoms with Crippen molar-refractivity contribution in [2.45, 2.75) is 30.7 Å². The van der Waals surface area contributed by atoms with Crippen LogP contribution in [-0.4, -0.2) is 37.0 Å². The number of hydrogen-bond donors (Lipinski definition) is 2. The van der Waals surface area contributed by atoms with E-state index in [1.807, 2.05) is 0 Å². The minimum atomic E-state index is -3.82. The van der Waals surface area contributed by atoms with Crippen molar-refractivity contribution in [2.75, 3.05) is 18.9 Å². The number of rotatable bonds is 3. The monoisotopic (exact) mass is 288 g/mol.